The number of rotatable bonds is 5. The van der Waals surface area contributed by atoms with Crippen molar-refractivity contribution in [3.05, 3.63) is 82.7 Å². The van der Waals surface area contributed by atoms with Gasteiger partial charge in [0.25, 0.3) is 0 Å². The third kappa shape index (κ3) is 5.58. The predicted molar refractivity (Wildman–Crippen MR) is 137 cm³/mol. The summed E-state index contributed by atoms with van der Waals surface area (Å²) in [5, 5.41) is 9.23. The molecule has 0 spiro atoms. The lowest BCUT2D eigenvalue weighted by molar-refractivity contribution is -0.137. The summed E-state index contributed by atoms with van der Waals surface area (Å²) in [6.45, 7) is -0.0700. The van der Waals surface area contributed by atoms with E-state index in [0.29, 0.717) is 5.57 Å². The van der Waals surface area contributed by atoms with Crippen LogP contribution in [0.25, 0.3) is 5.57 Å². The van der Waals surface area contributed by atoms with Crippen molar-refractivity contribution in [1.29, 1.82) is 0 Å². The van der Waals surface area contributed by atoms with Crippen LogP contribution in [-0.2, 0) is 16.3 Å². The van der Waals surface area contributed by atoms with Gasteiger partial charge < -0.3 is 23.8 Å². The van der Waals surface area contributed by atoms with Gasteiger partial charge >= 0.3 is 22.4 Å². The van der Waals surface area contributed by atoms with Crippen LogP contribution in [0.4, 0.5) is 51.3 Å². The Morgan fingerprint density at radius 3 is 2.11 bits per heavy atom. The molecule has 0 atom stereocenters. The molecule has 0 saturated heterocycles. The highest BCUT2D eigenvalue weighted by Gasteiger charge is 2.35. The van der Waals surface area contributed by atoms with Crippen LogP contribution in [0.15, 0.2) is 47.4 Å². The highest BCUT2D eigenvalue weighted by molar-refractivity contribution is 7.87. The van der Waals surface area contributed by atoms with E-state index < -0.39 is 67.7 Å². The fraction of sp³-hybridized carbons (Fsp3) is 0.222. The fourth-order valence-electron chi connectivity index (χ4n) is 4.71. The first-order chi connectivity index (χ1) is 20.6. The summed E-state index contributed by atoms with van der Waals surface area (Å²) in [7, 11) is -5.20. The summed E-state index contributed by atoms with van der Waals surface area (Å²) < 4.78 is 145. The van der Waals surface area contributed by atoms with Crippen LogP contribution in [0.3, 0.4) is 0 Å². The van der Waals surface area contributed by atoms with Crippen molar-refractivity contribution < 1.29 is 62.4 Å². The van der Waals surface area contributed by atoms with Crippen LogP contribution in [0.1, 0.15) is 17.5 Å². The van der Waals surface area contributed by atoms with Gasteiger partial charge in [-0.15, -0.1) is 0 Å². The van der Waals surface area contributed by atoms with E-state index in [9.17, 15) is 53.4 Å². The minimum absolute atomic E-state index is 0.0286. The molecular weight excluding hydrogens is 632 g/mol. The zero-order valence-corrected chi connectivity index (χ0v) is 22.7. The van der Waals surface area contributed by atoms with Crippen molar-refractivity contribution in [2.24, 2.45) is 0 Å². The molecule has 0 radical (unpaired) electrons. The third-order valence-corrected chi connectivity index (χ3v) is 8.10. The smallest absolute Gasteiger partial charge is 0.416 e. The lowest BCUT2D eigenvalue weighted by Crippen LogP contribution is -2.33. The Labute approximate surface area is 243 Å². The fourth-order valence-corrected chi connectivity index (χ4v) is 5.66. The third-order valence-electron chi connectivity index (χ3n) is 6.89. The van der Waals surface area contributed by atoms with Crippen LogP contribution in [0.2, 0.25) is 0 Å². The molecule has 2 heterocycles. The predicted octanol–water partition coefficient (Wildman–Crippen LogP) is 6.47. The van der Waals surface area contributed by atoms with Crippen molar-refractivity contribution in [1.82, 2.24) is 4.90 Å². The Bertz CT molecular complexity index is 1780. The van der Waals surface area contributed by atoms with E-state index in [1.54, 1.807) is 0 Å². The van der Waals surface area contributed by atoms with Gasteiger partial charge in [-0.2, -0.15) is 30.4 Å². The van der Waals surface area contributed by atoms with Crippen LogP contribution < -0.4 is 13.8 Å². The first-order valence-electron chi connectivity index (χ1n) is 12.5. The van der Waals surface area contributed by atoms with Gasteiger partial charge in [-0.05, 0) is 42.3 Å². The van der Waals surface area contributed by atoms with Gasteiger partial charge in [-0.25, -0.2) is 18.0 Å². The van der Waals surface area contributed by atoms with Crippen molar-refractivity contribution >= 4 is 33.2 Å². The molecule has 17 heteroatoms. The molecule has 3 aromatic carbocycles. The summed E-state index contributed by atoms with van der Waals surface area (Å²) in [6.07, 6.45) is -4.30. The molecule has 44 heavy (non-hydrogen) atoms. The minimum atomic E-state index is -5.20. The van der Waals surface area contributed by atoms with Crippen LogP contribution in [-0.4, -0.2) is 50.8 Å². The Balaban J connectivity index is 1.53. The summed E-state index contributed by atoms with van der Waals surface area (Å²) in [6, 6.07) is 5.87. The standard InChI is InChI=1S/C27H18F8N2O6S/c28-20-21(29)23(31)25(24(32)22(20)30)43-44(40,41)15-2-4-18-19(12-15)42-10-9-37(18)17-3-1-14(27(33,34)35)11-16(17)13-5-7-36(8-6-13)26(38)39/h1-5,11-12H,6-10H2,(H,38,39). The van der Waals surface area contributed by atoms with Gasteiger partial charge in [0.2, 0.25) is 34.8 Å². The summed E-state index contributed by atoms with van der Waals surface area (Å²) in [5.74, 6) is -14.6. The Morgan fingerprint density at radius 1 is 0.886 bits per heavy atom. The van der Waals surface area contributed by atoms with Crippen molar-refractivity contribution in [2.45, 2.75) is 17.5 Å². The first kappa shape index (κ1) is 30.9. The maximum absolute atomic E-state index is 14.1. The molecule has 0 aromatic heterocycles. The van der Waals surface area contributed by atoms with E-state index in [1.165, 1.54) is 17.0 Å². The molecule has 8 nitrogen and oxygen atoms in total. The van der Waals surface area contributed by atoms with Crippen molar-refractivity contribution in [3.63, 3.8) is 0 Å². The average Bonchev–Trinajstić information content (AvgIpc) is 3.00. The number of anilines is 2. The van der Waals surface area contributed by atoms with Gasteiger partial charge in [-0.1, -0.05) is 6.08 Å². The number of halogens is 8. The zero-order chi connectivity index (χ0) is 32.1. The summed E-state index contributed by atoms with van der Waals surface area (Å²) >= 11 is 0. The average molecular weight is 651 g/mol. The molecule has 2 aliphatic rings. The molecular formula is C27H18F8N2O6S. The largest absolute Gasteiger partial charge is 0.489 e. The molecule has 0 aliphatic carbocycles. The number of carboxylic acid groups (broad SMARTS) is 1. The second-order valence-electron chi connectivity index (χ2n) is 9.50. The topological polar surface area (TPSA) is 96.4 Å². The molecule has 1 amide bonds. The lowest BCUT2D eigenvalue weighted by atomic mass is 9.94. The van der Waals surface area contributed by atoms with Gasteiger partial charge in [0.15, 0.2) is 0 Å². The lowest BCUT2D eigenvalue weighted by Gasteiger charge is -2.34. The number of fused-ring (bicyclic) bond motifs is 1. The molecule has 1 N–H and O–H groups in total. The molecule has 3 aromatic rings. The van der Waals surface area contributed by atoms with Crippen LogP contribution in [0, 0.1) is 29.1 Å². The summed E-state index contributed by atoms with van der Waals surface area (Å²) in [5.41, 5.74) is 0.0379. The zero-order valence-electron chi connectivity index (χ0n) is 21.9. The molecule has 2 aliphatic heterocycles. The second-order valence-corrected chi connectivity index (χ2v) is 11.1. The number of alkyl halides is 3. The maximum Gasteiger partial charge on any atom is 0.416 e. The van der Waals surface area contributed by atoms with Gasteiger partial charge in [-0.3, -0.25) is 0 Å². The highest BCUT2D eigenvalue weighted by Crippen LogP contribution is 2.44. The van der Waals surface area contributed by atoms with E-state index in [1.807, 2.05) is 0 Å². The number of ether oxygens (including phenoxy) is 1. The number of carbonyl (C=O) groups is 1. The molecule has 0 bridgehead atoms. The van der Waals surface area contributed by atoms with Crippen LogP contribution >= 0.6 is 0 Å². The maximum atomic E-state index is 14.1. The van der Waals surface area contributed by atoms with Crippen molar-refractivity contribution in [3.8, 4) is 11.5 Å². The first-order valence-corrected chi connectivity index (χ1v) is 13.9. The Hall–Kier alpha value is -4.54. The highest BCUT2D eigenvalue weighted by atomic mass is 32.2. The number of benzene rings is 3. The molecule has 0 saturated carbocycles. The van der Waals surface area contributed by atoms with E-state index in [-0.39, 0.29) is 55.3 Å². The number of hydrogen-bond acceptors (Lipinski definition) is 6. The number of amides is 1. The Morgan fingerprint density at radius 2 is 1.52 bits per heavy atom. The number of hydrogen-bond donors (Lipinski definition) is 1. The van der Waals surface area contributed by atoms with Gasteiger partial charge in [0.05, 0.1) is 17.8 Å². The second kappa shape index (κ2) is 11.2. The molecule has 0 unspecified atom stereocenters. The normalized spacial score (nSPS) is 15.4. The van der Waals surface area contributed by atoms with E-state index in [0.717, 1.165) is 35.2 Å². The van der Waals surface area contributed by atoms with Crippen molar-refractivity contribution in [2.75, 3.05) is 31.1 Å². The van der Waals surface area contributed by atoms with Gasteiger partial charge in [0.1, 0.15) is 17.3 Å². The van der Waals surface area contributed by atoms with Crippen LogP contribution in [0.5, 0.6) is 11.5 Å². The quantitative estimate of drug-likeness (QED) is 0.147. The minimum Gasteiger partial charge on any atom is -0.489 e. The summed E-state index contributed by atoms with van der Waals surface area (Å²) in [4.78, 5) is 13.1. The Kier molecular flexibility index (Phi) is 7.86. The van der Waals surface area contributed by atoms with Gasteiger partial charge in [0, 0.05) is 30.4 Å². The monoisotopic (exact) mass is 650 g/mol. The van der Waals surface area contributed by atoms with E-state index >= 15 is 0 Å². The molecule has 0 fully saturated rings. The SMILES string of the molecule is O=C(O)N1CC=C(c2cc(C(F)(F)F)ccc2N2CCOc3cc(S(=O)(=O)Oc4c(F)c(F)c(F)c(F)c4F)ccc32)CC1. The molecule has 5 rings (SSSR count). The molecule has 234 valence electrons. The number of nitrogens with zero attached hydrogens (tertiary/aromatic N) is 2. The van der Waals surface area contributed by atoms with E-state index in [2.05, 4.69) is 4.18 Å². The van der Waals surface area contributed by atoms with E-state index in [4.69, 9.17) is 4.74 Å².